The van der Waals surface area contributed by atoms with Gasteiger partial charge in [-0.15, -0.1) is 0 Å². The number of hydrogen-bond donors (Lipinski definition) is 1. The Balaban J connectivity index is 2.05. The third-order valence-electron chi connectivity index (χ3n) is 2.96. The van der Waals surface area contributed by atoms with Crippen molar-refractivity contribution in [2.24, 2.45) is 0 Å². The zero-order chi connectivity index (χ0) is 13.0. The summed E-state index contributed by atoms with van der Waals surface area (Å²) in [7, 11) is 0. The van der Waals surface area contributed by atoms with E-state index < -0.39 is 0 Å². The van der Waals surface area contributed by atoms with Crippen LogP contribution in [0.4, 0.5) is 0 Å². The predicted molar refractivity (Wildman–Crippen MR) is 72.0 cm³/mol. The molecule has 2 aromatic rings. The third-order valence-corrected chi connectivity index (χ3v) is 2.96. The number of aryl methyl sites for hydroxylation is 1. The Morgan fingerprint density at radius 2 is 2.17 bits per heavy atom. The minimum Gasteiger partial charge on any atom is -0.315 e. The van der Waals surface area contributed by atoms with Gasteiger partial charge in [0.05, 0.1) is 5.69 Å². The van der Waals surface area contributed by atoms with E-state index in [0.717, 1.165) is 18.8 Å². The molecule has 5 heteroatoms. The first kappa shape index (κ1) is 12.8. The van der Waals surface area contributed by atoms with Crippen LogP contribution in [0, 0.1) is 6.92 Å². The molecule has 1 N–H and O–H groups in total. The van der Waals surface area contributed by atoms with Crippen molar-refractivity contribution in [2.45, 2.75) is 33.2 Å². The summed E-state index contributed by atoms with van der Waals surface area (Å²) >= 11 is 0. The van der Waals surface area contributed by atoms with Crippen molar-refractivity contribution in [3.05, 3.63) is 34.5 Å². The number of rotatable bonds is 6. The number of hydrogen-bond acceptors (Lipinski definition) is 3. The van der Waals surface area contributed by atoms with Crippen LogP contribution < -0.4 is 10.9 Å². The normalized spacial score (nSPS) is 11.2. The van der Waals surface area contributed by atoms with Gasteiger partial charge in [0.1, 0.15) is 5.52 Å². The van der Waals surface area contributed by atoms with Crippen LogP contribution >= 0.6 is 0 Å². The van der Waals surface area contributed by atoms with Crippen LogP contribution in [0.25, 0.3) is 5.52 Å². The van der Waals surface area contributed by atoms with Gasteiger partial charge in [0.15, 0.2) is 0 Å². The molecule has 0 saturated heterocycles. The summed E-state index contributed by atoms with van der Waals surface area (Å²) in [6.07, 6.45) is 5.99. The van der Waals surface area contributed by atoms with E-state index in [1.807, 2.05) is 19.2 Å². The molecule has 0 atom stereocenters. The van der Waals surface area contributed by atoms with Gasteiger partial charge in [-0.05, 0) is 26.0 Å². The molecule has 0 fully saturated rings. The summed E-state index contributed by atoms with van der Waals surface area (Å²) < 4.78 is 3.37. The summed E-state index contributed by atoms with van der Waals surface area (Å²) in [6.45, 7) is 6.59. The van der Waals surface area contributed by atoms with Gasteiger partial charge in [0, 0.05) is 25.5 Å². The molecule has 2 heterocycles. The zero-order valence-corrected chi connectivity index (χ0v) is 11.0. The summed E-state index contributed by atoms with van der Waals surface area (Å²) in [5.41, 5.74) is 1.53. The van der Waals surface area contributed by atoms with E-state index in [4.69, 9.17) is 0 Å². The van der Waals surface area contributed by atoms with Gasteiger partial charge >= 0.3 is 0 Å². The fourth-order valence-corrected chi connectivity index (χ4v) is 1.95. The maximum atomic E-state index is 12.1. The maximum absolute atomic E-state index is 12.1. The molecular formula is C13H20N4O. The van der Waals surface area contributed by atoms with E-state index in [1.54, 1.807) is 15.3 Å². The fraction of sp³-hybridized carbons (Fsp3) is 0.538. The van der Waals surface area contributed by atoms with Gasteiger partial charge in [-0.2, -0.15) is 5.10 Å². The number of nitrogens with one attached hydrogen (secondary N) is 1. The molecule has 0 aliphatic rings. The van der Waals surface area contributed by atoms with Crippen molar-refractivity contribution in [1.29, 1.82) is 0 Å². The van der Waals surface area contributed by atoms with Crippen molar-refractivity contribution in [3.8, 4) is 0 Å². The van der Waals surface area contributed by atoms with E-state index >= 15 is 0 Å². The highest BCUT2D eigenvalue weighted by Crippen LogP contribution is 1.99. The average molecular weight is 248 g/mol. The molecule has 0 aromatic carbocycles. The van der Waals surface area contributed by atoms with Crippen molar-refractivity contribution in [3.63, 3.8) is 0 Å². The van der Waals surface area contributed by atoms with E-state index in [-0.39, 0.29) is 5.56 Å². The van der Waals surface area contributed by atoms with Crippen LogP contribution in [0.2, 0.25) is 0 Å². The highest BCUT2D eigenvalue weighted by atomic mass is 16.1. The summed E-state index contributed by atoms with van der Waals surface area (Å²) in [5.74, 6) is 0. The van der Waals surface area contributed by atoms with Gasteiger partial charge in [0.2, 0.25) is 0 Å². The lowest BCUT2D eigenvalue weighted by molar-refractivity contribution is 0.568. The molecule has 98 valence electrons. The molecule has 2 rings (SSSR count). The first-order chi connectivity index (χ1) is 8.72. The lowest BCUT2D eigenvalue weighted by Gasteiger charge is -2.07. The van der Waals surface area contributed by atoms with Crippen molar-refractivity contribution in [1.82, 2.24) is 19.5 Å². The number of nitrogens with zero attached hydrogens (tertiary/aromatic N) is 3. The third kappa shape index (κ3) is 2.79. The zero-order valence-electron chi connectivity index (χ0n) is 11.0. The lowest BCUT2D eigenvalue weighted by Crippen LogP contribution is -2.28. The van der Waals surface area contributed by atoms with E-state index in [1.165, 1.54) is 12.8 Å². The Labute approximate surface area is 106 Å². The molecule has 0 aliphatic heterocycles. The Morgan fingerprint density at radius 1 is 1.33 bits per heavy atom. The molecule has 2 aromatic heterocycles. The summed E-state index contributed by atoms with van der Waals surface area (Å²) in [5, 5.41) is 7.56. The number of aromatic nitrogens is 3. The minimum absolute atomic E-state index is 0.0235. The highest BCUT2D eigenvalue weighted by molar-refractivity contribution is 5.44. The van der Waals surface area contributed by atoms with E-state index in [2.05, 4.69) is 17.3 Å². The quantitative estimate of drug-likeness (QED) is 0.781. The minimum atomic E-state index is 0.0235. The molecule has 0 unspecified atom stereocenters. The predicted octanol–water partition coefficient (Wildman–Crippen LogP) is 1.19. The largest absolute Gasteiger partial charge is 0.315 e. The monoisotopic (exact) mass is 248 g/mol. The van der Waals surface area contributed by atoms with Crippen molar-refractivity contribution in [2.75, 3.05) is 13.1 Å². The van der Waals surface area contributed by atoms with Crippen molar-refractivity contribution < 1.29 is 0 Å². The standard InChI is InChI=1S/C13H20N4O/c1-3-4-5-14-6-7-16-8-9-17-12(13(16)18)10-11(2)15-17/h8-10,14H,3-7H2,1-2H3. The first-order valence-corrected chi connectivity index (χ1v) is 6.48. The molecule has 18 heavy (non-hydrogen) atoms. The topological polar surface area (TPSA) is 51.3 Å². The van der Waals surface area contributed by atoms with Crippen molar-refractivity contribution >= 4 is 5.52 Å². The first-order valence-electron chi connectivity index (χ1n) is 6.48. The Kier molecular flexibility index (Phi) is 4.15. The van der Waals surface area contributed by atoms with Crippen LogP contribution in [0.1, 0.15) is 25.5 Å². The van der Waals surface area contributed by atoms with Gasteiger partial charge in [-0.25, -0.2) is 4.52 Å². The van der Waals surface area contributed by atoms with Crippen LogP contribution in [-0.2, 0) is 6.54 Å². The second-order valence-electron chi connectivity index (χ2n) is 4.52. The molecule has 0 radical (unpaired) electrons. The van der Waals surface area contributed by atoms with Gasteiger partial charge in [-0.3, -0.25) is 4.79 Å². The Hall–Kier alpha value is -1.62. The molecule has 0 saturated carbocycles. The smallest absolute Gasteiger partial charge is 0.276 e. The second kappa shape index (κ2) is 5.82. The molecule has 0 bridgehead atoms. The molecule has 0 aliphatic carbocycles. The molecule has 0 spiro atoms. The highest BCUT2D eigenvalue weighted by Gasteiger charge is 2.04. The number of unbranched alkanes of at least 4 members (excludes halogenated alkanes) is 1. The van der Waals surface area contributed by atoms with Crippen LogP contribution in [0.3, 0.4) is 0 Å². The maximum Gasteiger partial charge on any atom is 0.276 e. The summed E-state index contributed by atoms with van der Waals surface area (Å²) in [4.78, 5) is 12.1. The average Bonchev–Trinajstić information content (AvgIpc) is 2.73. The Morgan fingerprint density at radius 3 is 2.94 bits per heavy atom. The van der Waals surface area contributed by atoms with Gasteiger partial charge in [0.25, 0.3) is 5.56 Å². The van der Waals surface area contributed by atoms with Crippen LogP contribution in [-0.4, -0.2) is 27.3 Å². The van der Waals surface area contributed by atoms with E-state index in [9.17, 15) is 4.79 Å². The molecule has 0 amide bonds. The van der Waals surface area contributed by atoms with Crippen LogP contribution in [0.5, 0.6) is 0 Å². The number of fused-ring (bicyclic) bond motifs is 1. The lowest BCUT2D eigenvalue weighted by atomic mass is 10.3. The van der Waals surface area contributed by atoms with Gasteiger partial charge < -0.3 is 9.88 Å². The van der Waals surface area contributed by atoms with E-state index in [0.29, 0.717) is 12.1 Å². The fourth-order valence-electron chi connectivity index (χ4n) is 1.95. The van der Waals surface area contributed by atoms with Crippen LogP contribution in [0.15, 0.2) is 23.3 Å². The second-order valence-corrected chi connectivity index (χ2v) is 4.52. The SMILES string of the molecule is CCCCNCCn1ccn2nc(C)cc2c1=O. The Bertz CT molecular complexity index is 570. The molecule has 5 nitrogen and oxygen atoms in total. The molecular weight excluding hydrogens is 228 g/mol. The van der Waals surface area contributed by atoms with Gasteiger partial charge in [-0.1, -0.05) is 13.3 Å². The summed E-state index contributed by atoms with van der Waals surface area (Å²) in [6, 6.07) is 1.82.